The summed E-state index contributed by atoms with van der Waals surface area (Å²) in [6, 6.07) is 4.28. The topological polar surface area (TPSA) is 134 Å². The number of aliphatic hydroxyl groups is 1. The van der Waals surface area contributed by atoms with Gasteiger partial charge in [-0.15, -0.1) is 0 Å². The molecule has 34 heavy (non-hydrogen) atoms. The van der Waals surface area contributed by atoms with Crippen molar-refractivity contribution in [2.75, 3.05) is 32.8 Å². The molecule has 0 aliphatic heterocycles. The fraction of sp³-hybridized carbons (Fsp3) is 0.583. The molecule has 0 heterocycles. The van der Waals surface area contributed by atoms with E-state index in [0.717, 1.165) is 11.1 Å². The molecule has 10 heteroatoms. The van der Waals surface area contributed by atoms with Crippen LogP contribution in [0.3, 0.4) is 0 Å². The molecule has 1 rings (SSSR count). The predicted octanol–water partition coefficient (Wildman–Crippen LogP) is 1.76. The van der Waals surface area contributed by atoms with Crippen LogP contribution >= 0.6 is 0 Å². The number of rotatable bonds is 11. The van der Waals surface area contributed by atoms with Crippen molar-refractivity contribution < 1.29 is 33.8 Å². The van der Waals surface area contributed by atoms with Gasteiger partial charge in [0.05, 0.1) is 19.6 Å². The first kappa shape index (κ1) is 28.9. The second-order valence-electron chi connectivity index (χ2n) is 8.76. The molecule has 1 atom stereocenters. The number of nitrogens with zero attached hydrogens (tertiary/aromatic N) is 1. The smallest absolute Gasteiger partial charge is 0.408 e. The highest BCUT2D eigenvalue weighted by molar-refractivity contribution is 5.90. The number of hydrogen-bond acceptors (Lipinski definition) is 7. The number of carbonyl (C=O) groups is 4. The van der Waals surface area contributed by atoms with Gasteiger partial charge in [0.25, 0.3) is 0 Å². The van der Waals surface area contributed by atoms with Crippen molar-refractivity contribution in [3.8, 4) is 0 Å². The van der Waals surface area contributed by atoms with Gasteiger partial charge in [0, 0.05) is 13.1 Å². The summed E-state index contributed by atoms with van der Waals surface area (Å²) in [5.41, 5.74) is 1.73. The Morgan fingerprint density at radius 1 is 1.09 bits per heavy atom. The fourth-order valence-corrected chi connectivity index (χ4v) is 3.09. The van der Waals surface area contributed by atoms with Gasteiger partial charge in [-0.3, -0.25) is 14.4 Å². The van der Waals surface area contributed by atoms with Crippen LogP contribution in [0.25, 0.3) is 0 Å². The van der Waals surface area contributed by atoms with Crippen molar-refractivity contribution in [1.29, 1.82) is 0 Å². The summed E-state index contributed by atoms with van der Waals surface area (Å²) in [6.07, 6.45) is -0.792. The van der Waals surface area contributed by atoms with Crippen molar-refractivity contribution in [2.24, 2.45) is 0 Å². The Hall–Kier alpha value is -3.14. The molecule has 0 aliphatic rings. The van der Waals surface area contributed by atoms with Crippen molar-refractivity contribution in [2.45, 2.75) is 59.6 Å². The average Bonchev–Trinajstić information content (AvgIpc) is 2.73. The van der Waals surface area contributed by atoms with Crippen LogP contribution in [0.1, 0.15) is 56.8 Å². The molecule has 1 aromatic rings. The number of esters is 1. The number of carbonyl (C=O) groups excluding carboxylic acids is 4. The van der Waals surface area contributed by atoms with Crippen LogP contribution in [0.4, 0.5) is 4.79 Å². The van der Waals surface area contributed by atoms with E-state index in [2.05, 4.69) is 10.6 Å². The zero-order chi connectivity index (χ0) is 25.9. The number of aryl methyl sites for hydroxylation is 2. The van der Waals surface area contributed by atoms with Crippen molar-refractivity contribution in [3.63, 3.8) is 0 Å². The van der Waals surface area contributed by atoms with Crippen LogP contribution in [0, 0.1) is 13.8 Å². The number of nitrogens with one attached hydrogen (secondary N) is 2. The summed E-state index contributed by atoms with van der Waals surface area (Å²) >= 11 is 0. The zero-order valence-electron chi connectivity index (χ0n) is 20.9. The minimum Gasteiger partial charge on any atom is -0.466 e. The quantitative estimate of drug-likeness (QED) is 0.412. The summed E-state index contributed by atoms with van der Waals surface area (Å²) in [7, 11) is 0. The molecular weight excluding hydrogens is 442 g/mol. The van der Waals surface area contributed by atoms with Crippen LogP contribution in [-0.4, -0.2) is 72.3 Å². The van der Waals surface area contributed by atoms with E-state index in [0.29, 0.717) is 5.56 Å². The number of amides is 3. The molecule has 0 saturated heterocycles. The van der Waals surface area contributed by atoms with E-state index in [9.17, 15) is 24.3 Å². The van der Waals surface area contributed by atoms with Gasteiger partial charge in [-0.25, -0.2) is 4.79 Å². The SMILES string of the molecule is CCOC(=O)CCNC(=O)C(c1ccc(C)c(C)c1)N(CCO)C(=O)CNC(=O)OC(C)(C)C. The first-order valence-electron chi connectivity index (χ1n) is 11.3. The lowest BCUT2D eigenvalue weighted by molar-refractivity contribution is -0.143. The molecule has 0 fully saturated rings. The van der Waals surface area contributed by atoms with Gasteiger partial charge in [-0.05, 0) is 58.2 Å². The van der Waals surface area contributed by atoms with Gasteiger partial charge in [-0.1, -0.05) is 18.2 Å². The molecular formula is C24H37N3O7. The highest BCUT2D eigenvalue weighted by Crippen LogP contribution is 2.24. The third kappa shape index (κ3) is 9.78. The van der Waals surface area contributed by atoms with Crippen molar-refractivity contribution >= 4 is 23.9 Å². The third-order valence-corrected chi connectivity index (χ3v) is 4.78. The van der Waals surface area contributed by atoms with Crippen LogP contribution in [0.15, 0.2) is 18.2 Å². The lowest BCUT2D eigenvalue weighted by atomic mass is 9.99. The lowest BCUT2D eigenvalue weighted by Crippen LogP contribution is -2.49. The largest absolute Gasteiger partial charge is 0.466 e. The minimum atomic E-state index is -1.08. The van der Waals surface area contributed by atoms with E-state index in [1.54, 1.807) is 39.8 Å². The molecule has 0 aromatic heterocycles. The molecule has 0 aliphatic carbocycles. The molecule has 0 saturated carbocycles. The number of benzene rings is 1. The summed E-state index contributed by atoms with van der Waals surface area (Å²) in [4.78, 5) is 51.0. The van der Waals surface area contributed by atoms with Crippen molar-refractivity contribution in [3.05, 3.63) is 34.9 Å². The van der Waals surface area contributed by atoms with Gasteiger partial charge >= 0.3 is 12.1 Å². The van der Waals surface area contributed by atoms with E-state index in [4.69, 9.17) is 9.47 Å². The van der Waals surface area contributed by atoms with Crippen LogP contribution in [0.5, 0.6) is 0 Å². The highest BCUT2D eigenvalue weighted by Gasteiger charge is 2.31. The third-order valence-electron chi connectivity index (χ3n) is 4.78. The fourth-order valence-electron chi connectivity index (χ4n) is 3.09. The average molecular weight is 480 g/mol. The van der Waals surface area contributed by atoms with Crippen LogP contribution in [-0.2, 0) is 23.9 Å². The molecule has 0 radical (unpaired) electrons. The Labute approximate surface area is 201 Å². The summed E-state index contributed by atoms with van der Waals surface area (Å²) in [5.74, 6) is -1.55. The first-order chi connectivity index (χ1) is 15.9. The standard InChI is InChI=1S/C24H37N3O7/c1-7-33-20(30)10-11-25-22(31)21(18-9-8-16(2)17(3)14-18)27(12-13-28)19(29)15-26-23(32)34-24(4,5)6/h8-9,14,21,28H,7,10-13,15H2,1-6H3,(H,25,31)(H,26,32). The molecule has 1 aromatic carbocycles. The number of alkyl carbamates (subject to hydrolysis) is 1. The van der Waals surface area contributed by atoms with Crippen LogP contribution in [0.2, 0.25) is 0 Å². The molecule has 190 valence electrons. The van der Waals surface area contributed by atoms with Gasteiger partial charge in [0.15, 0.2) is 0 Å². The normalized spacial score (nSPS) is 11.9. The second kappa shape index (κ2) is 13.5. The first-order valence-corrected chi connectivity index (χ1v) is 11.3. The van der Waals surface area contributed by atoms with Crippen LogP contribution < -0.4 is 10.6 Å². The maximum atomic E-state index is 13.2. The van der Waals surface area contributed by atoms with E-state index in [1.807, 2.05) is 19.9 Å². The summed E-state index contributed by atoms with van der Waals surface area (Å²) in [6.45, 7) is 9.90. The Morgan fingerprint density at radius 2 is 1.76 bits per heavy atom. The molecule has 10 nitrogen and oxygen atoms in total. The Kier molecular flexibility index (Phi) is 11.5. The number of ether oxygens (including phenoxy) is 2. The molecule has 0 bridgehead atoms. The Bertz CT molecular complexity index is 865. The highest BCUT2D eigenvalue weighted by atomic mass is 16.6. The van der Waals surface area contributed by atoms with Gasteiger partial charge in [-0.2, -0.15) is 0 Å². The maximum absolute atomic E-state index is 13.2. The lowest BCUT2D eigenvalue weighted by Gasteiger charge is -2.31. The predicted molar refractivity (Wildman–Crippen MR) is 126 cm³/mol. The minimum absolute atomic E-state index is 0.0205. The summed E-state index contributed by atoms with van der Waals surface area (Å²) in [5, 5.41) is 14.7. The Balaban J connectivity index is 3.12. The van der Waals surface area contributed by atoms with E-state index < -0.39 is 48.7 Å². The zero-order valence-corrected chi connectivity index (χ0v) is 20.9. The van der Waals surface area contributed by atoms with E-state index >= 15 is 0 Å². The monoisotopic (exact) mass is 479 g/mol. The number of aliphatic hydroxyl groups excluding tert-OH is 1. The number of hydrogen-bond donors (Lipinski definition) is 3. The maximum Gasteiger partial charge on any atom is 0.408 e. The van der Waals surface area contributed by atoms with Gasteiger partial charge in [0.1, 0.15) is 18.2 Å². The summed E-state index contributed by atoms with van der Waals surface area (Å²) < 4.78 is 10.0. The van der Waals surface area contributed by atoms with Gasteiger partial charge in [0.2, 0.25) is 11.8 Å². The molecule has 3 amide bonds. The van der Waals surface area contributed by atoms with E-state index in [-0.39, 0.29) is 26.1 Å². The van der Waals surface area contributed by atoms with E-state index in [1.165, 1.54) is 4.90 Å². The molecule has 3 N–H and O–H groups in total. The molecule has 0 spiro atoms. The van der Waals surface area contributed by atoms with Crippen molar-refractivity contribution in [1.82, 2.24) is 15.5 Å². The molecule has 1 unspecified atom stereocenters. The Morgan fingerprint density at radius 3 is 2.32 bits per heavy atom. The van der Waals surface area contributed by atoms with Gasteiger partial charge < -0.3 is 30.1 Å². The second-order valence-corrected chi connectivity index (χ2v) is 8.76.